The average molecular weight is 239 g/mol. The molecule has 2 radical (unpaired) electrons. The van der Waals surface area contributed by atoms with Gasteiger partial charge in [-0.2, -0.15) is 0 Å². The normalized spacial score (nSPS) is 10.0. The first-order chi connectivity index (χ1) is 8.63. The van der Waals surface area contributed by atoms with Gasteiger partial charge in [-0.25, -0.2) is 9.97 Å². The monoisotopic (exact) mass is 239 g/mol. The fraction of sp³-hybridized carbons (Fsp3) is 0.0833. The van der Waals surface area contributed by atoms with E-state index in [2.05, 4.69) is 15.3 Å². The highest BCUT2D eigenvalue weighted by molar-refractivity contribution is 6.31. The van der Waals surface area contributed by atoms with Crippen molar-refractivity contribution in [1.29, 1.82) is 0 Å². The lowest BCUT2D eigenvalue weighted by Crippen LogP contribution is -2.07. The van der Waals surface area contributed by atoms with Crippen LogP contribution in [-0.4, -0.2) is 28.9 Å². The molecule has 0 fully saturated rings. The van der Waals surface area contributed by atoms with Crippen LogP contribution in [-0.2, 0) is 11.2 Å². The predicted molar refractivity (Wildman–Crippen MR) is 68.5 cm³/mol. The number of benzene rings is 1. The molecule has 0 saturated heterocycles. The molecule has 0 atom stereocenters. The molecule has 2 N–H and O–H groups in total. The summed E-state index contributed by atoms with van der Waals surface area (Å²) < 4.78 is 0. The van der Waals surface area contributed by atoms with Crippen LogP contribution in [0.3, 0.4) is 0 Å². The fourth-order valence-corrected chi connectivity index (χ4v) is 1.41. The lowest BCUT2D eigenvalue weighted by atomic mass is 10.0. The minimum absolute atomic E-state index is 0.0126. The van der Waals surface area contributed by atoms with E-state index in [0.29, 0.717) is 11.4 Å². The number of hydrogen-bond acceptors (Lipinski definition) is 4. The molecule has 2 rings (SSSR count). The van der Waals surface area contributed by atoms with Crippen LogP contribution >= 0.6 is 0 Å². The summed E-state index contributed by atoms with van der Waals surface area (Å²) in [6.45, 7) is 0. The molecule has 0 amide bonds. The second kappa shape index (κ2) is 5.31. The Kier molecular flexibility index (Phi) is 3.57. The van der Waals surface area contributed by atoms with Gasteiger partial charge in [0, 0.05) is 18.1 Å². The molecule has 88 valence electrons. The Morgan fingerprint density at radius 3 is 2.39 bits per heavy atom. The van der Waals surface area contributed by atoms with Crippen LogP contribution in [0.4, 0.5) is 11.6 Å². The third-order valence-corrected chi connectivity index (χ3v) is 2.24. The van der Waals surface area contributed by atoms with E-state index in [1.165, 1.54) is 12.4 Å². The number of aromatic nitrogens is 2. The van der Waals surface area contributed by atoms with Crippen LogP contribution in [0.1, 0.15) is 5.56 Å². The molecule has 1 aromatic heterocycles. The molecule has 0 saturated carbocycles. The van der Waals surface area contributed by atoms with Gasteiger partial charge in [-0.15, -0.1) is 0 Å². The zero-order valence-corrected chi connectivity index (χ0v) is 9.50. The number of hydrogen-bond donors (Lipinski definition) is 2. The van der Waals surface area contributed by atoms with Gasteiger partial charge in [-0.05, 0) is 17.7 Å². The molecule has 2 aromatic rings. The first kappa shape index (κ1) is 12.1. The summed E-state index contributed by atoms with van der Waals surface area (Å²) in [7, 11) is 5.48. The first-order valence-corrected chi connectivity index (χ1v) is 5.29. The molecule has 0 spiro atoms. The van der Waals surface area contributed by atoms with Crippen LogP contribution in [0.5, 0.6) is 0 Å². The topological polar surface area (TPSA) is 75.1 Å². The third kappa shape index (κ3) is 3.31. The molecule has 5 nitrogen and oxygen atoms in total. The summed E-state index contributed by atoms with van der Waals surface area (Å²) in [5.41, 5.74) is 2.03. The number of anilines is 2. The number of aliphatic carboxylic acids is 1. The van der Waals surface area contributed by atoms with Gasteiger partial charge in [-0.3, -0.25) is 4.79 Å². The van der Waals surface area contributed by atoms with Gasteiger partial charge < -0.3 is 10.4 Å². The number of carboxylic acids is 1. The molecule has 1 aromatic carbocycles. The van der Waals surface area contributed by atoms with Crippen molar-refractivity contribution in [3.8, 4) is 0 Å². The number of carboxylic acid groups (broad SMARTS) is 1. The third-order valence-electron chi connectivity index (χ3n) is 2.24. The van der Waals surface area contributed by atoms with Crippen molar-refractivity contribution in [2.75, 3.05) is 5.32 Å². The van der Waals surface area contributed by atoms with Crippen LogP contribution in [0.15, 0.2) is 36.7 Å². The van der Waals surface area contributed by atoms with Crippen molar-refractivity contribution >= 4 is 30.9 Å². The Bertz CT molecular complexity index is 540. The second-order valence-electron chi connectivity index (χ2n) is 3.73. The van der Waals surface area contributed by atoms with Gasteiger partial charge in [0.1, 0.15) is 7.85 Å². The van der Waals surface area contributed by atoms with E-state index >= 15 is 0 Å². The van der Waals surface area contributed by atoms with Crippen molar-refractivity contribution < 1.29 is 9.90 Å². The Hall–Kier alpha value is -2.37. The molecule has 0 aliphatic rings. The fourth-order valence-electron chi connectivity index (χ4n) is 1.41. The average Bonchev–Trinajstić information content (AvgIpc) is 2.34. The zero-order valence-electron chi connectivity index (χ0n) is 9.50. The molecule has 0 bridgehead atoms. The van der Waals surface area contributed by atoms with Crippen molar-refractivity contribution in [3.05, 3.63) is 42.2 Å². The highest BCUT2D eigenvalue weighted by Gasteiger charge is 2.01. The summed E-state index contributed by atoms with van der Waals surface area (Å²) in [6, 6.07) is 7.04. The lowest BCUT2D eigenvalue weighted by Gasteiger charge is -2.05. The first-order valence-electron chi connectivity index (χ1n) is 5.29. The summed E-state index contributed by atoms with van der Waals surface area (Å²) in [5.74, 6) is -0.409. The van der Waals surface area contributed by atoms with Crippen LogP contribution in [0.25, 0.3) is 0 Å². The summed E-state index contributed by atoms with van der Waals surface area (Å²) in [5, 5.41) is 11.6. The molecular formula is C12H10BN3O2. The van der Waals surface area contributed by atoms with Gasteiger partial charge >= 0.3 is 5.97 Å². The molecule has 0 aliphatic carbocycles. The van der Waals surface area contributed by atoms with E-state index in [1.54, 1.807) is 24.3 Å². The Morgan fingerprint density at radius 1 is 1.22 bits per heavy atom. The van der Waals surface area contributed by atoms with Crippen molar-refractivity contribution in [2.45, 2.75) is 6.42 Å². The largest absolute Gasteiger partial charge is 0.481 e. The highest BCUT2D eigenvalue weighted by atomic mass is 16.4. The van der Waals surface area contributed by atoms with E-state index < -0.39 is 5.97 Å². The molecule has 0 aliphatic heterocycles. The summed E-state index contributed by atoms with van der Waals surface area (Å²) in [4.78, 5) is 18.5. The maximum atomic E-state index is 10.5. The Labute approximate surface area is 105 Å². The number of nitrogens with one attached hydrogen (secondary N) is 1. The van der Waals surface area contributed by atoms with Gasteiger partial charge in [0.2, 0.25) is 5.95 Å². The van der Waals surface area contributed by atoms with Gasteiger partial charge in [0.25, 0.3) is 0 Å². The molecule has 18 heavy (non-hydrogen) atoms. The van der Waals surface area contributed by atoms with Gasteiger partial charge in [0.15, 0.2) is 0 Å². The van der Waals surface area contributed by atoms with E-state index in [9.17, 15) is 4.79 Å². The summed E-state index contributed by atoms with van der Waals surface area (Å²) >= 11 is 0. The maximum Gasteiger partial charge on any atom is 0.307 e. The zero-order chi connectivity index (χ0) is 13.0. The van der Waals surface area contributed by atoms with Crippen LogP contribution < -0.4 is 10.8 Å². The van der Waals surface area contributed by atoms with Crippen molar-refractivity contribution in [1.82, 2.24) is 9.97 Å². The quantitative estimate of drug-likeness (QED) is 0.766. The van der Waals surface area contributed by atoms with Crippen LogP contribution in [0.2, 0.25) is 0 Å². The van der Waals surface area contributed by atoms with E-state index in [1.807, 2.05) is 0 Å². The van der Waals surface area contributed by atoms with E-state index in [4.69, 9.17) is 13.0 Å². The molecule has 1 heterocycles. The number of carbonyl (C=O) groups is 1. The lowest BCUT2D eigenvalue weighted by molar-refractivity contribution is -0.136. The Morgan fingerprint density at radius 2 is 1.83 bits per heavy atom. The standard InChI is InChI=1S/C12H10BN3O2/c13-9-6-14-12(15-7-9)16-10-3-1-8(2-4-10)5-11(17)18/h1-4,6-7H,5H2,(H,17,18)(H,14,15,16). The SMILES string of the molecule is [B]c1cnc(Nc2ccc(CC(=O)O)cc2)nc1. The molecule has 0 unspecified atom stereocenters. The highest BCUT2D eigenvalue weighted by Crippen LogP contribution is 2.13. The van der Waals surface area contributed by atoms with E-state index in [-0.39, 0.29) is 6.42 Å². The second-order valence-corrected chi connectivity index (χ2v) is 3.73. The van der Waals surface area contributed by atoms with E-state index in [0.717, 1.165) is 11.3 Å². The minimum Gasteiger partial charge on any atom is -0.481 e. The Balaban J connectivity index is 2.06. The minimum atomic E-state index is -0.849. The predicted octanol–water partition coefficient (Wildman–Crippen LogP) is 0.641. The van der Waals surface area contributed by atoms with Crippen LogP contribution in [0, 0.1) is 0 Å². The maximum absolute atomic E-state index is 10.5. The van der Waals surface area contributed by atoms with Crippen molar-refractivity contribution in [3.63, 3.8) is 0 Å². The van der Waals surface area contributed by atoms with Crippen molar-refractivity contribution in [2.24, 2.45) is 0 Å². The molecule has 6 heteroatoms. The summed E-state index contributed by atoms with van der Waals surface area (Å²) in [6.07, 6.45) is 3.03. The molecular weight excluding hydrogens is 229 g/mol. The van der Waals surface area contributed by atoms with Gasteiger partial charge in [0.05, 0.1) is 6.42 Å². The van der Waals surface area contributed by atoms with Gasteiger partial charge in [-0.1, -0.05) is 17.6 Å². The smallest absolute Gasteiger partial charge is 0.307 e. The number of rotatable bonds is 4. The number of nitrogens with zero attached hydrogens (tertiary/aromatic N) is 2.